The number of carbonyl (C=O) groups excluding carboxylic acids is 2. The number of rotatable bonds is 3. The van der Waals surface area contributed by atoms with Gasteiger partial charge in [0.25, 0.3) is 0 Å². The summed E-state index contributed by atoms with van der Waals surface area (Å²) in [6.07, 6.45) is 0.201. The SMILES string of the molecule is CN1C(=O)C[C@@H](C(=O)Nc2ccccc2Cl)[C@@H]1c1ccccc1. The van der Waals surface area contributed by atoms with Gasteiger partial charge in [0.2, 0.25) is 11.8 Å². The highest BCUT2D eigenvalue weighted by atomic mass is 35.5. The van der Waals surface area contributed by atoms with Gasteiger partial charge in [-0.2, -0.15) is 0 Å². The summed E-state index contributed by atoms with van der Waals surface area (Å²) in [5, 5.41) is 3.32. The van der Waals surface area contributed by atoms with Crippen LogP contribution in [-0.2, 0) is 9.59 Å². The minimum atomic E-state index is -0.439. The molecule has 1 N–H and O–H groups in total. The molecular weight excluding hydrogens is 312 g/mol. The van der Waals surface area contributed by atoms with E-state index in [4.69, 9.17) is 11.6 Å². The normalized spacial score (nSPS) is 20.6. The molecule has 0 radical (unpaired) electrons. The largest absolute Gasteiger partial charge is 0.338 e. The van der Waals surface area contributed by atoms with Gasteiger partial charge in [-0.3, -0.25) is 9.59 Å². The van der Waals surface area contributed by atoms with E-state index in [9.17, 15) is 9.59 Å². The summed E-state index contributed by atoms with van der Waals surface area (Å²) < 4.78 is 0. The molecule has 0 spiro atoms. The van der Waals surface area contributed by atoms with Crippen molar-refractivity contribution in [3.63, 3.8) is 0 Å². The summed E-state index contributed by atoms with van der Waals surface area (Å²) in [5.41, 5.74) is 1.52. The fourth-order valence-corrected chi connectivity index (χ4v) is 3.18. The number of amides is 2. The quantitative estimate of drug-likeness (QED) is 0.937. The van der Waals surface area contributed by atoms with Gasteiger partial charge in [0.1, 0.15) is 0 Å². The molecule has 4 nitrogen and oxygen atoms in total. The minimum absolute atomic E-state index is 0.0295. The Morgan fingerprint density at radius 1 is 1.13 bits per heavy atom. The van der Waals surface area contributed by atoms with Crippen LogP contribution in [0.4, 0.5) is 5.69 Å². The van der Waals surface area contributed by atoms with E-state index in [1.54, 1.807) is 30.1 Å². The molecule has 1 aliphatic heterocycles. The first-order valence-corrected chi connectivity index (χ1v) is 7.81. The van der Waals surface area contributed by atoms with Crippen LogP contribution in [0, 0.1) is 5.92 Å². The molecule has 2 aromatic rings. The Kier molecular flexibility index (Phi) is 4.35. The molecule has 0 unspecified atom stereocenters. The Labute approximate surface area is 140 Å². The van der Waals surface area contributed by atoms with Crippen molar-refractivity contribution >= 4 is 29.1 Å². The smallest absolute Gasteiger partial charge is 0.230 e. The second kappa shape index (κ2) is 6.42. The first-order chi connectivity index (χ1) is 11.1. The monoisotopic (exact) mass is 328 g/mol. The zero-order valence-electron chi connectivity index (χ0n) is 12.7. The third kappa shape index (κ3) is 3.08. The molecule has 0 bridgehead atoms. The molecule has 2 atom stereocenters. The molecule has 118 valence electrons. The Bertz CT molecular complexity index is 733. The molecule has 0 aliphatic carbocycles. The van der Waals surface area contributed by atoms with Crippen LogP contribution in [0.3, 0.4) is 0 Å². The summed E-state index contributed by atoms with van der Waals surface area (Å²) in [4.78, 5) is 26.5. The van der Waals surface area contributed by atoms with Crippen molar-refractivity contribution in [2.75, 3.05) is 12.4 Å². The van der Waals surface area contributed by atoms with Crippen LogP contribution in [0.15, 0.2) is 54.6 Å². The number of halogens is 1. The highest BCUT2D eigenvalue weighted by molar-refractivity contribution is 6.33. The van der Waals surface area contributed by atoms with Gasteiger partial charge in [0, 0.05) is 13.5 Å². The average molecular weight is 329 g/mol. The Morgan fingerprint density at radius 2 is 1.78 bits per heavy atom. The topological polar surface area (TPSA) is 49.4 Å². The number of nitrogens with zero attached hydrogens (tertiary/aromatic N) is 1. The maximum atomic E-state index is 12.7. The molecule has 1 heterocycles. The van der Waals surface area contributed by atoms with Crippen LogP contribution in [0.1, 0.15) is 18.0 Å². The number of hydrogen-bond donors (Lipinski definition) is 1. The zero-order chi connectivity index (χ0) is 16.4. The van der Waals surface area contributed by atoms with E-state index < -0.39 is 5.92 Å². The first kappa shape index (κ1) is 15.6. The molecule has 0 saturated carbocycles. The predicted molar refractivity (Wildman–Crippen MR) is 90.1 cm³/mol. The van der Waals surface area contributed by atoms with Crippen molar-refractivity contribution < 1.29 is 9.59 Å². The van der Waals surface area contributed by atoms with E-state index in [0.717, 1.165) is 5.56 Å². The van der Waals surface area contributed by atoms with Gasteiger partial charge in [0.15, 0.2) is 0 Å². The lowest BCUT2D eigenvalue weighted by Crippen LogP contribution is -2.30. The molecule has 1 saturated heterocycles. The van der Waals surface area contributed by atoms with Crippen molar-refractivity contribution in [1.29, 1.82) is 0 Å². The van der Waals surface area contributed by atoms with E-state index >= 15 is 0 Å². The van der Waals surface area contributed by atoms with Crippen LogP contribution in [0.25, 0.3) is 0 Å². The zero-order valence-corrected chi connectivity index (χ0v) is 13.5. The molecule has 5 heteroatoms. The maximum absolute atomic E-state index is 12.7. The molecule has 1 aliphatic rings. The van der Waals surface area contributed by atoms with Crippen molar-refractivity contribution in [1.82, 2.24) is 4.90 Å². The second-order valence-electron chi connectivity index (χ2n) is 5.64. The van der Waals surface area contributed by atoms with E-state index in [-0.39, 0.29) is 24.3 Å². The number of benzene rings is 2. The maximum Gasteiger partial charge on any atom is 0.230 e. The fraction of sp³-hybridized carbons (Fsp3) is 0.222. The van der Waals surface area contributed by atoms with Crippen LogP contribution >= 0.6 is 11.6 Å². The number of nitrogens with one attached hydrogen (secondary N) is 1. The van der Waals surface area contributed by atoms with E-state index in [1.807, 2.05) is 36.4 Å². The summed E-state index contributed by atoms with van der Waals surface area (Å²) >= 11 is 6.09. The molecule has 23 heavy (non-hydrogen) atoms. The third-order valence-corrected chi connectivity index (χ3v) is 4.53. The highest BCUT2D eigenvalue weighted by Gasteiger charge is 2.42. The summed E-state index contributed by atoms with van der Waals surface area (Å²) in [5.74, 6) is -0.658. The summed E-state index contributed by atoms with van der Waals surface area (Å²) in [7, 11) is 1.74. The standard InChI is InChI=1S/C18H17ClN2O2/c1-21-16(22)11-13(17(21)12-7-3-2-4-8-12)18(23)20-15-10-6-5-9-14(15)19/h2-10,13,17H,11H2,1H3,(H,20,23)/t13-,17+/m1/s1. The number of likely N-dealkylation sites (tertiary alicyclic amines) is 1. The van der Waals surface area contributed by atoms with Crippen LogP contribution in [0.5, 0.6) is 0 Å². The van der Waals surface area contributed by atoms with Crippen molar-refractivity contribution in [3.8, 4) is 0 Å². The Hall–Kier alpha value is -2.33. The number of carbonyl (C=O) groups is 2. The van der Waals surface area contributed by atoms with Crippen molar-refractivity contribution in [2.45, 2.75) is 12.5 Å². The molecule has 1 fully saturated rings. The second-order valence-corrected chi connectivity index (χ2v) is 6.05. The minimum Gasteiger partial charge on any atom is -0.338 e. The lowest BCUT2D eigenvalue weighted by Gasteiger charge is -2.25. The average Bonchev–Trinajstić information content (AvgIpc) is 2.86. The fourth-order valence-electron chi connectivity index (χ4n) is 3.00. The van der Waals surface area contributed by atoms with Gasteiger partial charge in [-0.1, -0.05) is 54.1 Å². The van der Waals surface area contributed by atoms with E-state index in [2.05, 4.69) is 5.32 Å². The van der Waals surface area contributed by atoms with Crippen molar-refractivity contribution in [2.24, 2.45) is 5.92 Å². The Morgan fingerprint density at radius 3 is 2.48 bits per heavy atom. The van der Waals surface area contributed by atoms with Gasteiger partial charge in [-0.05, 0) is 17.7 Å². The summed E-state index contributed by atoms with van der Waals surface area (Å²) in [6, 6.07) is 16.4. The third-order valence-electron chi connectivity index (χ3n) is 4.20. The van der Waals surface area contributed by atoms with Gasteiger partial charge in [-0.15, -0.1) is 0 Å². The van der Waals surface area contributed by atoms with Gasteiger partial charge in [-0.25, -0.2) is 0 Å². The number of hydrogen-bond acceptors (Lipinski definition) is 2. The highest BCUT2D eigenvalue weighted by Crippen LogP contribution is 2.37. The van der Waals surface area contributed by atoms with Gasteiger partial charge >= 0.3 is 0 Å². The first-order valence-electron chi connectivity index (χ1n) is 7.44. The Balaban J connectivity index is 1.86. The van der Waals surface area contributed by atoms with E-state index in [1.165, 1.54) is 0 Å². The van der Waals surface area contributed by atoms with E-state index in [0.29, 0.717) is 10.7 Å². The molecule has 0 aromatic heterocycles. The molecular formula is C18H17ClN2O2. The molecule has 3 rings (SSSR count). The van der Waals surface area contributed by atoms with Crippen LogP contribution in [-0.4, -0.2) is 23.8 Å². The molecule has 2 aromatic carbocycles. The summed E-state index contributed by atoms with van der Waals surface area (Å²) in [6.45, 7) is 0. The van der Waals surface area contributed by atoms with Gasteiger partial charge in [0.05, 0.1) is 22.7 Å². The number of anilines is 1. The van der Waals surface area contributed by atoms with Gasteiger partial charge < -0.3 is 10.2 Å². The van der Waals surface area contributed by atoms with Crippen molar-refractivity contribution in [3.05, 3.63) is 65.2 Å². The predicted octanol–water partition coefficient (Wildman–Crippen LogP) is 3.50. The lowest BCUT2D eigenvalue weighted by atomic mass is 9.93. The van der Waals surface area contributed by atoms with Crippen LogP contribution < -0.4 is 5.32 Å². The van der Waals surface area contributed by atoms with Crippen LogP contribution in [0.2, 0.25) is 5.02 Å². The number of para-hydroxylation sites is 1. The molecule has 2 amide bonds. The lowest BCUT2D eigenvalue weighted by molar-refractivity contribution is -0.127.